The fourth-order valence-electron chi connectivity index (χ4n) is 2.82. The third-order valence-corrected chi connectivity index (χ3v) is 4.63. The van der Waals surface area contributed by atoms with Gasteiger partial charge in [0.05, 0.1) is 45.2 Å². The predicted molar refractivity (Wildman–Crippen MR) is 110 cm³/mol. The summed E-state index contributed by atoms with van der Waals surface area (Å²) in [6.07, 6.45) is 0. The second-order valence-corrected chi connectivity index (χ2v) is 7.21. The molecule has 0 aliphatic carbocycles. The smallest absolute Gasteiger partial charge is 0.446 e. The van der Waals surface area contributed by atoms with Crippen molar-refractivity contribution in [3.8, 4) is 17.2 Å². The monoisotopic (exact) mass is 467 g/mol. The average Bonchev–Trinajstić information content (AvgIpc) is 2.78. The van der Waals surface area contributed by atoms with Gasteiger partial charge in [-0.15, -0.1) is 0 Å². The molecule has 2 aromatic rings. The number of ether oxygens (including phenoxy) is 3. The Morgan fingerprint density at radius 1 is 1.12 bits per heavy atom. The number of methoxy groups -OCH3 is 2. The van der Waals surface area contributed by atoms with Crippen molar-refractivity contribution in [2.24, 2.45) is 0 Å². The van der Waals surface area contributed by atoms with Crippen LogP contribution in [0.4, 0.5) is 11.4 Å². The van der Waals surface area contributed by atoms with E-state index in [9.17, 15) is 18.3 Å². The van der Waals surface area contributed by atoms with Gasteiger partial charge >= 0.3 is 16.1 Å². The number of anilines is 1. The Labute approximate surface area is 184 Å². The van der Waals surface area contributed by atoms with Gasteiger partial charge in [0.25, 0.3) is 0 Å². The number of benzene rings is 2. The van der Waals surface area contributed by atoms with E-state index in [1.807, 2.05) is 6.07 Å². The number of carbonyl (C=O) groups is 1. The molecule has 0 bridgehead atoms. The predicted octanol–water partition coefficient (Wildman–Crippen LogP) is 1.26. The third kappa shape index (κ3) is 6.71. The van der Waals surface area contributed by atoms with Gasteiger partial charge in [0.1, 0.15) is 0 Å². The highest BCUT2D eigenvalue weighted by Gasteiger charge is 2.23. The molecule has 13 heteroatoms. The molecule has 0 unspecified atom stereocenters. The zero-order valence-electron chi connectivity index (χ0n) is 17.3. The molecule has 1 saturated heterocycles. The Kier molecular flexibility index (Phi) is 8.59. The molecule has 0 amide bonds. The minimum Gasteiger partial charge on any atom is -0.545 e. The number of carboxylic acids is 1. The van der Waals surface area contributed by atoms with E-state index in [4.69, 9.17) is 24.2 Å². The van der Waals surface area contributed by atoms with E-state index in [0.29, 0.717) is 30.4 Å². The Bertz CT molecular complexity index is 1090. The van der Waals surface area contributed by atoms with Crippen LogP contribution >= 0.6 is 0 Å². The summed E-state index contributed by atoms with van der Waals surface area (Å²) < 4.78 is 48.8. The minimum atomic E-state index is -4.72. The highest BCUT2D eigenvalue weighted by atomic mass is 32.3. The van der Waals surface area contributed by atoms with Crippen LogP contribution in [0.2, 0.25) is 0 Å². The van der Waals surface area contributed by atoms with Crippen LogP contribution in [0.5, 0.6) is 17.2 Å². The molecule has 1 N–H and O–H groups in total. The standard InChI is InChI=1S/C12H16N3O3.C7H6O6S/c1-16-11-8-10(15-3-5-18-6-4-15)12(17-2)7-9(11)14-13;8-7(9)5-3-1-2-4-6(5)13-14(10,11)12/h7-8H,3-6H2,1-2H3;1-4H,(H,8,9)(H,10,11,12)/q+1;/p-1. The van der Waals surface area contributed by atoms with E-state index < -0.39 is 27.7 Å². The molecule has 2 aromatic carbocycles. The lowest BCUT2D eigenvalue weighted by molar-refractivity contribution is -0.255. The number of aromatic carboxylic acids is 1. The Hall–Kier alpha value is -3.60. The Balaban J connectivity index is 0.000000235. The lowest BCUT2D eigenvalue weighted by Gasteiger charge is -2.29. The van der Waals surface area contributed by atoms with Gasteiger partial charge < -0.3 is 33.2 Å². The van der Waals surface area contributed by atoms with Crippen LogP contribution in [-0.4, -0.2) is 59.5 Å². The lowest BCUT2D eigenvalue weighted by atomic mass is 10.2. The number of hydrogen-bond acceptors (Lipinski definition) is 10. The summed E-state index contributed by atoms with van der Waals surface area (Å²) >= 11 is 0. The van der Waals surface area contributed by atoms with Gasteiger partial charge in [-0.3, -0.25) is 4.55 Å². The molecule has 1 fully saturated rings. The van der Waals surface area contributed by atoms with Gasteiger partial charge in [-0.1, -0.05) is 12.1 Å². The topological polar surface area (TPSA) is 163 Å². The fourth-order valence-corrected chi connectivity index (χ4v) is 3.19. The summed E-state index contributed by atoms with van der Waals surface area (Å²) in [6.45, 7) is 2.99. The molecule has 3 rings (SSSR count). The first kappa shape index (κ1) is 24.7. The molecular weight excluding hydrogens is 446 g/mol. The number of carbonyl (C=O) groups excluding carboxylic acids is 1. The molecule has 32 heavy (non-hydrogen) atoms. The molecular formula is C19H21N3O9S. The fraction of sp³-hybridized carbons (Fsp3) is 0.316. The van der Waals surface area contributed by atoms with E-state index >= 15 is 0 Å². The maximum absolute atomic E-state index is 10.4. The lowest BCUT2D eigenvalue weighted by Crippen LogP contribution is -2.36. The van der Waals surface area contributed by atoms with Crippen molar-refractivity contribution >= 4 is 27.7 Å². The van der Waals surface area contributed by atoms with Crippen LogP contribution in [0.15, 0.2) is 36.4 Å². The van der Waals surface area contributed by atoms with Gasteiger partial charge in [-0.25, -0.2) is 0 Å². The van der Waals surface area contributed by atoms with Crippen LogP contribution in [0, 0.1) is 5.39 Å². The summed E-state index contributed by atoms with van der Waals surface area (Å²) in [4.78, 5) is 15.8. The van der Waals surface area contributed by atoms with Crippen molar-refractivity contribution in [3.63, 3.8) is 0 Å². The minimum absolute atomic E-state index is 0.353. The van der Waals surface area contributed by atoms with Gasteiger partial charge in [0.2, 0.25) is 11.1 Å². The second kappa shape index (κ2) is 11.1. The van der Waals surface area contributed by atoms with Gasteiger partial charge in [-0.2, -0.15) is 8.42 Å². The Morgan fingerprint density at radius 2 is 1.75 bits per heavy atom. The second-order valence-electron chi connectivity index (χ2n) is 6.19. The number of diazo groups is 1. The number of morpholine rings is 1. The molecule has 0 aromatic heterocycles. The highest BCUT2D eigenvalue weighted by molar-refractivity contribution is 7.81. The van der Waals surface area contributed by atoms with E-state index in [1.165, 1.54) is 12.1 Å². The molecule has 12 nitrogen and oxygen atoms in total. The number of carboxylic acid groups (broad SMARTS) is 1. The molecule has 0 radical (unpaired) electrons. The number of rotatable bonds is 6. The van der Waals surface area contributed by atoms with Crippen molar-refractivity contribution in [1.82, 2.24) is 0 Å². The highest BCUT2D eigenvalue weighted by Crippen LogP contribution is 2.40. The largest absolute Gasteiger partial charge is 0.545 e. The quantitative estimate of drug-likeness (QED) is 0.480. The molecule has 0 atom stereocenters. The van der Waals surface area contributed by atoms with Gasteiger partial charge in [-0.05, 0) is 12.1 Å². The zero-order chi connectivity index (χ0) is 23.7. The van der Waals surface area contributed by atoms with Crippen LogP contribution in [-0.2, 0) is 15.1 Å². The number of nitrogens with zero attached hydrogens (tertiary/aromatic N) is 3. The van der Waals surface area contributed by atoms with E-state index in [-0.39, 0.29) is 0 Å². The molecule has 1 heterocycles. The van der Waals surface area contributed by atoms with Crippen LogP contribution in [0.1, 0.15) is 10.4 Å². The molecule has 172 valence electrons. The van der Waals surface area contributed by atoms with E-state index in [0.717, 1.165) is 30.9 Å². The maximum atomic E-state index is 10.4. The van der Waals surface area contributed by atoms with Gasteiger partial charge in [0.15, 0.2) is 16.5 Å². The molecule has 0 saturated carbocycles. The van der Waals surface area contributed by atoms with Gasteiger partial charge in [0, 0.05) is 24.7 Å². The summed E-state index contributed by atoms with van der Waals surface area (Å²) in [7, 11) is -1.59. The zero-order valence-corrected chi connectivity index (χ0v) is 18.1. The summed E-state index contributed by atoms with van der Waals surface area (Å²) in [5, 5.41) is 19.4. The van der Waals surface area contributed by atoms with Crippen LogP contribution in [0.3, 0.4) is 0 Å². The van der Waals surface area contributed by atoms with Crippen molar-refractivity contribution in [2.45, 2.75) is 0 Å². The van der Waals surface area contributed by atoms with Crippen molar-refractivity contribution < 1.29 is 41.3 Å². The average molecular weight is 467 g/mol. The SMILES string of the molecule is COc1cc(N2CCOCC2)c(OC)cc1[N+]#N.O=C([O-])c1ccccc1OS(=O)(=O)O. The van der Waals surface area contributed by atoms with E-state index in [1.54, 1.807) is 20.3 Å². The molecule has 0 spiro atoms. The van der Waals surface area contributed by atoms with E-state index in [2.05, 4.69) is 14.1 Å². The first-order valence-corrected chi connectivity index (χ1v) is 10.5. The normalized spacial score (nSPS) is 13.2. The van der Waals surface area contributed by atoms with Crippen molar-refractivity contribution in [1.29, 1.82) is 5.39 Å². The number of para-hydroxylation sites is 1. The first-order valence-electron chi connectivity index (χ1n) is 9.11. The molecule has 1 aliphatic heterocycles. The van der Waals surface area contributed by atoms with Crippen molar-refractivity contribution in [2.75, 3.05) is 45.4 Å². The maximum Gasteiger partial charge on any atom is 0.446 e. The first-order chi connectivity index (χ1) is 15.2. The summed E-state index contributed by atoms with van der Waals surface area (Å²) in [5.41, 5.74) is 0.821. The van der Waals surface area contributed by atoms with Crippen LogP contribution < -0.4 is 23.7 Å². The third-order valence-electron chi connectivity index (χ3n) is 4.24. The summed E-state index contributed by atoms with van der Waals surface area (Å²) in [6, 6.07) is 8.37. The molecule has 1 aliphatic rings. The van der Waals surface area contributed by atoms with Crippen LogP contribution in [0.25, 0.3) is 4.98 Å². The van der Waals surface area contributed by atoms with Crippen molar-refractivity contribution in [3.05, 3.63) is 46.9 Å². The number of hydrogen-bond donors (Lipinski definition) is 1. The Morgan fingerprint density at radius 3 is 2.28 bits per heavy atom. The summed E-state index contributed by atoms with van der Waals surface area (Å²) in [5.74, 6) is -0.912.